The Bertz CT molecular complexity index is 1330. The molecule has 1 aromatic heterocycles. The Morgan fingerprint density at radius 3 is 2.94 bits per heavy atom. The number of fused-ring (bicyclic) bond motifs is 2. The van der Waals surface area contributed by atoms with E-state index in [-0.39, 0.29) is 24.9 Å². The highest BCUT2D eigenvalue weighted by molar-refractivity contribution is 6.31. The zero-order valence-corrected chi connectivity index (χ0v) is 16.5. The van der Waals surface area contributed by atoms with Gasteiger partial charge in [0.1, 0.15) is 12.2 Å². The number of aromatic hydroxyl groups is 1. The van der Waals surface area contributed by atoms with Crippen LogP contribution in [0.5, 0.6) is 17.4 Å². The SMILES string of the molecule is CC1=Nc2ccccc2C1=Cc1[nH]c(=O)n(CC(=O)Nc2ccc3c(c2)OCO3)c1O. The molecule has 3 heterocycles. The van der Waals surface area contributed by atoms with E-state index < -0.39 is 11.6 Å². The fourth-order valence-electron chi connectivity index (χ4n) is 3.61. The van der Waals surface area contributed by atoms with Crippen molar-refractivity contribution in [3.05, 3.63) is 64.2 Å². The van der Waals surface area contributed by atoms with E-state index in [4.69, 9.17) is 9.47 Å². The number of aliphatic imine (C=N–C) groups is 1. The molecule has 2 aliphatic rings. The van der Waals surface area contributed by atoms with Crippen molar-refractivity contribution in [2.24, 2.45) is 4.99 Å². The monoisotopic (exact) mass is 418 g/mol. The number of carbonyl (C=O) groups excluding carboxylic acids is 1. The summed E-state index contributed by atoms with van der Waals surface area (Å²) in [5.74, 6) is 0.332. The van der Waals surface area contributed by atoms with Crippen LogP contribution in [0.1, 0.15) is 18.2 Å². The second-order valence-corrected chi connectivity index (χ2v) is 7.14. The van der Waals surface area contributed by atoms with Crippen LogP contribution in [0.15, 0.2) is 52.3 Å². The van der Waals surface area contributed by atoms with Crippen molar-refractivity contribution in [1.82, 2.24) is 9.55 Å². The molecule has 3 N–H and O–H groups in total. The molecule has 0 spiro atoms. The second kappa shape index (κ2) is 7.21. The molecule has 31 heavy (non-hydrogen) atoms. The zero-order chi connectivity index (χ0) is 21.5. The number of hydrogen-bond acceptors (Lipinski definition) is 6. The smallest absolute Gasteiger partial charge is 0.329 e. The number of amides is 1. The van der Waals surface area contributed by atoms with Crippen LogP contribution in [-0.4, -0.2) is 33.1 Å². The number of nitrogens with zero attached hydrogens (tertiary/aromatic N) is 2. The van der Waals surface area contributed by atoms with Crippen molar-refractivity contribution in [2.75, 3.05) is 12.1 Å². The van der Waals surface area contributed by atoms with Crippen molar-refractivity contribution in [3.63, 3.8) is 0 Å². The van der Waals surface area contributed by atoms with E-state index in [0.29, 0.717) is 17.2 Å². The van der Waals surface area contributed by atoms with Crippen molar-refractivity contribution < 1.29 is 19.4 Å². The van der Waals surface area contributed by atoms with Gasteiger partial charge >= 0.3 is 5.69 Å². The number of hydrogen-bond donors (Lipinski definition) is 3. The fraction of sp³-hybridized carbons (Fsp3) is 0.136. The Morgan fingerprint density at radius 1 is 1.26 bits per heavy atom. The van der Waals surface area contributed by atoms with Gasteiger partial charge in [0.2, 0.25) is 18.6 Å². The highest BCUT2D eigenvalue weighted by Crippen LogP contribution is 2.36. The average molecular weight is 418 g/mol. The maximum absolute atomic E-state index is 12.5. The number of benzene rings is 2. The molecule has 3 aromatic rings. The predicted octanol–water partition coefficient (Wildman–Crippen LogP) is 2.90. The Kier molecular flexibility index (Phi) is 4.36. The molecular formula is C22H18N4O5. The predicted molar refractivity (Wildman–Crippen MR) is 115 cm³/mol. The zero-order valence-electron chi connectivity index (χ0n) is 16.5. The highest BCUT2D eigenvalue weighted by atomic mass is 16.7. The van der Waals surface area contributed by atoms with Crippen molar-refractivity contribution in [1.29, 1.82) is 0 Å². The first-order valence-corrected chi connectivity index (χ1v) is 9.57. The topological polar surface area (TPSA) is 118 Å². The molecule has 0 unspecified atom stereocenters. The number of aromatic amines is 1. The number of carbonyl (C=O) groups is 1. The van der Waals surface area contributed by atoms with Crippen LogP contribution in [0.25, 0.3) is 11.6 Å². The molecule has 9 heteroatoms. The van der Waals surface area contributed by atoms with E-state index in [1.165, 1.54) is 0 Å². The minimum atomic E-state index is -0.592. The molecule has 0 saturated carbocycles. The van der Waals surface area contributed by atoms with E-state index in [2.05, 4.69) is 15.3 Å². The van der Waals surface area contributed by atoms with Gasteiger partial charge in [-0.15, -0.1) is 0 Å². The Balaban J connectivity index is 1.38. The fourth-order valence-corrected chi connectivity index (χ4v) is 3.61. The number of rotatable bonds is 4. The molecule has 0 fully saturated rings. The Hall–Kier alpha value is -4.27. The van der Waals surface area contributed by atoms with Crippen molar-refractivity contribution in [3.8, 4) is 17.4 Å². The molecule has 1 amide bonds. The number of aromatic nitrogens is 2. The van der Waals surface area contributed by atoms with Gasteiger partial charge in [-0.05, 0) is 31.2 Å². The minimum absolute atomic E-state index is 0.131. The van der Waals surface area contributed by atoms with Crippen LogP contribution in [0, 0.1) is 0 Å². The van der Waals surface area contributed by atoms with Gasteiger partial charge in [0, 0.05) is 28.6 Å². The molecule has 0 radical (unpaired) electrons. The molecule has 156 valence electrons. The third kappa shape index (κ3) is 3.35. The summed E-state index contributed by atoms with van der Waals surface area (Å²) >= 11 is 0. The van der Waals surface area contributed by atoms with Crippen LogP contribution in [0.2, 0.25) is 0 Å². The first-order chi connectivity index (χ1) is 15.0. The van der Waals surface area contributed by atoms with Crippen LogP contribution in [-0.2, 0) is 11.3 Å². The summed E-state index contributed by atoms with van der Waals surface area (Å²) < 4.78 is 11.5. The number of imidazole rings is 1. The van der Waals surface area contributed by atoms with E-state index in [0.717, 1.165) is 27.1 Å². The Labute approximate surface area is 176 Å². The number of nitrogens with one attached hydrogen (secondary N) is 2. The minimum Gasteiger partial charge on any atom is -0.493 e. The molecule has 0 bridgehead atoms. The lowest BCUT2D eigenvalue weighted by Gasteiger charge is -2.07. The summed E-state index contributed by atoms with van der Waals surface area (Å²) in [7, 11) is 0. The number of allylic oxidation sites excluding steroid dienone is 1. The van der Waals surface area contributed by atoms with Crippen LogP contribution in [0.3, 0.4) is 0 Å². The summed E-state index contributed by atoms with van der Waals surface area (Å²) in [5, 5.41) is 13.3. The first kappa shape index (κ1) is 18.7. The highest BCUT2D eigenvalue weighted by Gasteiger charge is 2.21. The van der Waals surface area contributed by atoms with Crippen molar-refractivity contribution in [2.45, 2.75) is 13.5 Å². The van der Waals surface area contributed by atoms with Gasteiger partial charge in [-0.3, -0.25) is 14.4 Å². The Morgan fingerprint density at radius 2 is 2.06 bits per heavy atom. The van der Waals surface area contributed by atoms with E-state index in [1.54, 1.807) is 24.3 Å². The van der Waals surface area contributed by atoms with Crippen LogP contribution < -0.4 is 20.5 Å². The third-order valence-corrected chi connectivity index (χ3v) is 5.10. The lowest BCUT2D eigenvalue weighted by Crippen LogP contribution is -2.25. The van der Waals surface area contributed by atoms with Crippen LogP contribution in [0.4, 0.5) is 11.4 Å². The lowest BCUT2D eigenvalue weighted by atomic mass is 10.0. The normalized spacial score (nSPS) is 15.1. The molecule has 9 nitrogen and oxygen atoms in total. The number of H-pyrrole nitrogens is 1. The maximum Gasteiger partial charge on any atom is 0.329 e. The summed E-state index contributed by atoms with van der Waals surface area (Å²) in [6, 6.07) is 12.6. The number of ether oxygens (including phenoxy) is 2. The summed E-state index contributed by atoms with van der Waals surface area (Å²) in [6.07, 6.45) is 1.66. The summed E-state index contributed by atoms with van der Waals surface area (Å²) in [5.41, 5.74) is 3.42. The molecule has 0 atom stereocenters. The van der Waals surface area contributed by atoms with Gasteiger partial charge in [0.05, 0.1) is 5.69 Å². The van der Waals surface area contributed by atoms with Gasteiger partial charge in [-0.2, -0.15) is 0 Å². The quantitative estimate of drug-likeness (QED) is 0.602. The average Bonchev–Trinajstić information content (AvgIpc) is 3.41. The van der Waals surface area contributed by atoms with Gasteiger partial charge < -0.3 is 24.9 Å². The molecule has 0 aliphatic carbocycles. The summed E-state index contributed by atoms with van der Waals surface area (Å²) in [4.78, 5) is 31.9. The van der Waals surface area contributed by atoms with E-state index in [1.807, 2.05) is 31.2 Å². The summed E-state index contributed by atoms with van der Waals surface area (Å²) in [6.45, 7) is 1.63. The van der Waals surface area contributed by atoms with Gasteiger partial charge in [-0.25, -0.2) is 4.79 Å². The molecule has 5 rings (SSSR count). The maximum atomic E-state index is 12.5. The molecule has 2 aromatic carbocycles. The van der Waals surface area contributed by atoms with E-state index in [9.17, 15) is 14.7 Å². The van der Waals surface area contributed by atoms with Crippen LogP contribution >= 0.6 is 0 Å². The first-order valence-electron chi connectivity index (χ1n) is 9.57. The molecular weight excluding hydrogens is 400 g/mol. The van der Waals surface area contributed by atoms with Gasteiger partial charge in [0.25, 0.3) is 0 Å². The standard InChI is InChI=1S/C22H18N4O5/c1-12-15(14-4-2-3-5-16(14)23-12)9-17-21(28)26(22(29)25-17)10-20(27)24-13-6-7-18-19(8-13)31-11-30-18/h2-9,28H,10-11H2,1H3,(H,24,27)(H,25,29). The largest absolute Gasteiger partial charge is 0.493 e. The number of anilines is 1. The lowest BCUT2D eigenvalue weighted by molar-refractivity contribution is -0.116. The number of para-hydroxylation sites is 1. The molecule has 2 aliphatic heterocycles. The van der Waals surface area contributed by atoms with Gasteiger partial charge in [0.15, 0.2) is 11.5 Å². The van der Waals surface area contributed by atoms with Gasteiger partial charge in [-0.1, -0.05) is 18.2 Å². The third-order valence-electron chi connectivity index (χ3n) is 5.10. The molecule has 0 saturated heterocycles. The van der Waals surface area contributed by atoms with Crippen molar-refractivity contribution >= 4 is 34.6 Å². The van der Waals surface area contributed by atoms with E-state index >= 15 is 0 Å². The second-order valence-electron chi connectivity index (χ2n) is 7.14.